The van der Waals surface area contributed by atoms with E-state index in [2.05, 4.69) is 65.6 Å². The second-order valence-corrected chi connectivity index (χ2v) is 22.9. The molecule has 4 heterocycles. The summed E-state index contributed by atoms with van der Waals surface area (Å²) in [6.45, 7) is 12.8. The molecule has 2 aliphatic heterocycles. The van der Waals surface area contributed by atoms with Gasteiger partial charge in [0.2, 0.25) is 35.4 Å². The Morgan fingerprint density at radius 1 is 0.571 bits per heavy atom. The molecule has 0 spiro atoms. The lowest BCUT2D eigenvalue weighted by Gasteiger charge is -2.27. The van der Waals surface area contributed by atoms with Crippen molar-refractivity contribution < 1.29 is 37.5 Å². The molecule has 2 aromatic carbocycles. The summed E-state index contributed by atoms with van der Waals surface area (Å²) >= 11 is 0. The van der Waals surface area contributed by atoms with E-state index in [0.717, 1.165) is 11.1 Å². The molecule has 0 saturated heterocycles. The molecule has 0 fully saturated rings. The summed E-state index contributed by atoms with van der Waals surface area (Å²) in [5, 5.41) is 17.7. The molecule has 2 aliphatic rings. The van der Waals surface area contributed by atoms with Crippen LogP contribution in [0.3, 0.4) is 0 Å². The fourth-order valence-electron chi connectivity index (χ4n) is 10.6. The molecule has 0 aliphatic carbocycles. The molecule has 84 heavy (non-hydrogen) atoms. The van der Waals surface area contributed by atoms with Crippen LogP contribution >= 0.6 is 0 Å². The van der Waals surface area contributed by atoms with Crippen molar-refractivity contribution in [1.29, 1.82) is 0 Å². The third-order valence-electron chi connectivity index (χ3n) is 15.4. The van der Waals surface area contributed by atoms with E-state index in [9.17, 15) is 47.1 Å². The van der Waals surface area contributed by atoms with Crippen LogP contribution in [0.25, 0.3) is 0 Å². The highest BCUT2D eigenvalue weighted by molar-refractivity contribution is 6.02. The predicted molar refractivity (Wildman–Crippen MR) is 321 cm³/mol. The average Bonchev–Trinajstić information content (AvgIpc) is 2.28. The van der Waals surface area contributed by atoms with Crippen LogP contribution in [0.4, 0.5) is 20.2 Å². The second kappa shape index (κ2) is 30.6. The molecule has 8 N–H and O–H groups in total. The number of nitrogens with zero attached hydrogens (tertiary/aromatic N) is 2. The second-order valence-electron chi connectivity index (χ2n) is 22.9. The summed E-state index contributed by atoms with van der Waals surface area (Å²) in [4.78, 5) is 117. The minimum absolute atomic E-state index is 0.149. The number of carbonyl (C=O) groups excluding carboxylic acids is 6. The number of aromatic nitrogens is 2. The Morgan fingerprint density at radius 3 is 1.29 bits per heavy atom. The van der Waals surface area contributed by atoms with Crippen molar-refractivity contribution in [3.05, 3.63) is 127 Å². The number of fused-ring (bicyclic) bond motifs is 2. The molecule has 18 nitrogen and oxygen atoms in total. The average molecular weight is 1160 g/mol. The number of carbonyl (C=O) groups is 6. The Balaban J connectivity index is 0.919. The van der Waals surface area contributed by atoms with Gasteiger partial charge in [0.1, 0.15) is 23.7 Å². The quantitative estimate of drug-likeness (QED) is 0.0259. The molecule has 20 heteroatoms. The smallest absolute Gasteiger partial charge is 0.251 e. The van der Waals surface area contributed by atoms with Crippen molar-refractivity contribution in [2.75, 3.05) is 50.1 Å². The van der Waals surface area contributed by atoms with Crippen LogP contribution in [-0.4, -0.2) is 110 Å². The van der Waals surface area contributed by atoms with Gasteiger partial charge in [-0.2, -0.15) is 0 Å². The molecule has 0 radical (unpaired) electrons. The minimum atomic E-state index is -0.881. The van der Waals surface area contributed by atoms with Crippen molar-refractivity contribution in [3.8, 4) is 23.7 Å². The zero-order valence-corrected chi connectivity index (χ0v) is 49.7. The predicted octanol–water partition coefficient (Wildman–Crippen LogP) is 5.58. The van der Waals surface area contributed by atoms with E-state index in [0.29, 0.717) is 98.3 Å². The van der Waals surface area contributed by atoms with Crippen molar-refractivity contribution in [2.24, 2.45) is 0 Å². The Hall–Kier alpha value is -7.94. The number of halogens is 2. The molecule has 0 saturated carbocycles. The maximum absolute atomic E-state index is 14.4. The van der Waals surface area contributed by atoms with Gasteiger partial charge in [-0.05, 0) is 125 Å². The Labute approximate surface area is 491 Å². The normalized spacial score (nSPS) is 15.0. The fraction of sp³-hybridized carbons (Fsp3) is 0.500. The number of H-pyrrole nitrogens is 2. The molecule has 6 amide bonds. The van der Waals surface area contributed by atoms with E-state index >= 15 is 0 Å². The van der Waals surface area contributed by atoms with Crippen molar-refractivity contribution in [1.82, 2.24) is 41.9 Å². The van der Waals surface area contributed by atoms with Gasteiger partial charge in [-0.25, -0.2) is 8.78 Å². The summed E-state index contributed by atoms with van der Waals surface area (Å²) in [6.07, 6.45) is 5.04. The number of pyridine rings is 2. The van der Waals surface area contributed by atoms with E-state index < -0.39 is 35.0 Å². The molecule has 0 unspecified atom stereocenters. The van der Waals surface area contributed by atoms with Gasteiger partial charge >= 0.3 is 0 Å². The summed E-state index contributed by atoms with van der Waals surface area (Å²) < 4.78 is 27.2. The molecule has 4 atom stereocenters. The molecule has 0 bridgehead atoms. The number of anilines is 2. The number of nitrogens with one attached hydrogen (secondary N) is 8. The lowest BCUT2D eigenvalue weighted by Crippen LogP contribution is -2.53. The number of likely N-dealkylation sites (N-methyl/N-ethyl adjacent to an activating group) is 2. The van der Waals surface area contributed by atoms with Gasteiger partial charge in [0.25, 0.3) is 11.1 Å². The van der Waals surface area contributed by atoms with Gasteiger partial charge in [-0.15, -0.1) is 0 Å². The summed E-state index contributed by atoms with van der Waals surface area (Å²) in [5.41, 5.74) is 2.93. The van der Waals surface area contributed by atoms with Gasteiger partial charge in [-0.1, -0.05) is 77.6 Å². The number of hydrogen-bond acceptors (Lipinski definition) is 10. The standard InChI is InChI=1S/C64H82F2N10O8/c1-9-47(67-7)59(81)71-49(61(83)75-39-63(3,4)55-51(75)37-43(57(79)73-55)35-41-25-29-45(65)30-26-41)21-17-19-33-69-53(77)23-15-13-11-12-14-16-24-54(78)70-34-20-18-22-50(72-60(82)48(10-2)68-8)62(84)76-40-64(5,6)56-52(76)38-44(58(80)74-56)36-42-27-31-46(66)32-28-42/h25-32,37-38,47-50,67-68H,9-10,15-24,33-36,39-40H2,1-8H3,(H,69,77)(H,70,78)(H,71,81)(H,72,82)(H,73,79)(H,74,80)/t47-,48-,49-,50-/m0/s1. The summed E-state index contributed by atoms with van der Waals surface area (Å²) in [6, 6.07) is 12.4. The highest BCUT2D eigenvalue weighted by atomic mass is 19.1. The minimum Gasteiger partial charge on any atom is -0.356 e. The molecule has 4 aromatic rings. The number of unbranched alkanes of at least 4 members (excludes halogenated alkanes) is 2. The number of rotatable bonds is 28. The summed E-state index contributed by atoms with van der Waals surface area (Å²) in [7, 11) is 3.37. The topological polar surface area (TPSA) is 247 Å². The number of amides is 6. The Morgan fingerprint density at radius 2 is 0.940 bits per heavy atom. The van der Waals surface area contributed by atoms with Crippen molar-refractivity contribution in [2.45, 2.75) is 166 Å². The van der Waals surface area contributed by atoms with Crippen LogP contribution in [0, 0.1) is 35.3 Å². The van der Waals surface area contributed by atoms with E-state index in [1.807, 2.05) is 41.5 Å². The molecule has 450 valence electrons. The van der Waals surface area contributed by atoms with Gasteiger partial charge < -0.3 is 51.7 Å². The van der Waals surface area contributed by atoms with Crippen LogP contribution in [0.1, 0.15) is 152 Å². The zero-order chi connectivity index (χ0) is 61.1. The highest BCUT2D eigenvalue weighted by Crippen LogP contribution is 2.41. The first-order valence-electron chi connectivity index (χ1n) is 29.2. The van der Waals surface area contributed by atoms with E-state index in [1.54, 1.807) is 60.3 Å². The largest absolute Gasteiger partial charge is 0.356 e. The molecule has 6 rings (SSSR count). The van der Waals surface area contributed by atoms with Crippen molar-refractivity contribution >= 4 is 46.8 Å². The third kappa shape index (κ3) is 17.8. The van der Waals surface area contributed by atoms with Crippen LogP contribution in [0.2, 0.25) is 0 Å². The molecular weight excluding hydrogens is 1070 g/mol. The highest BCUT2D eigenvalue weighted by Gasteiger charge is 2.43. The lowest BCUT2D eigenvalue weighted by atomic mass is 9.91. The van der Waals surface area contributed by atoms with Crippen LogP contribution in [0.5, 0.6) is 0 Å². The van der Waals surface area contributed by atoms with Crippen LogP contribution in [-0.2, 0) is 52.4 Å². The lowest BCUT2D eigenvalue weighted by molar-refractivity contribution is -0.129. The van der Waals surface area contributed by atoms with Gasteiger partial charge in [0, 0.05) is 98.0 Å². The zero-order valence-electron chi connectivity index (χ0n) is 49.7. The monoisotopic (exact) mass is 1160 g/mol. The van der Waals surface area contributed by atoms with E-state index in [1.165, 1.54) is 24.3 Å². The summed E-state index contributed by atoms with van der Waals surface area (Å²) in [5.74, 6) is 8.80. The fourth-order valence-corrected chi connectivity index (χ4v) is 10.6. The maximum atomic E-state index is 14.4. The van der Waals surface area contributed by atoms with Gasteiger partial charge in [0.15, 0.2) is 0 Å². The maximum Gasteiger partial charge on any atom is 0.251 e. The first-order chi connectivity index (χ1) is 40.1. The van der Waals surface area contributed by atoms with Crippen molar-refractivity contribution in [3.63, 3.8) is 0 Å². The van der Waals surface area contributed by atoms with Gasteiger partial charge in [-0.3, -0.25) is 38.4 Å². The number of aromatic amines is 2. The molecular formula is C64H82F2N10O8. The van der Waals surface area contributed by atoms with Gasteiger partial charge in [0.05, 0.1) is 23.5 Å². The Kier molecular flexibility index (Phi) is 23.7. The first kappa shape index (κ1) is 65.2. The van der Waals surface area contributed by atoms with Crippen LogP contribution < -0.4 is 52.8 Å². The SMILES string of the molecule is CC[C@H](NC)C(=O)N[C@@H](CCCCNC(=O)CCC#CC#CCCC(=O)NCCCC[C@H](NC(=O)[C@H](CC)NC)C(=O)N1CC(C)(C)c2[nH]c(=O)c(Cc3ccc(F)cc3)cc21)C(=O)N1CC(C)(C)c2[nH]c(=O)c(Cc3ccc(F)cc3)cc21. The third-order valence-corrected chi connectivity index (χ3v) is 15.4. The van der Waals surface area contributed by atoms with E-state index in [4.69, 9.17) is 0 Å². The Bertz CT molecular complexity index is 3020. The van der Waals surface area contributed by atoms with Crippen LogP contribution in [0.15, 0.2) is 70.3 Å². The first-order valence-corrected chi connectivity index (χ1v) is 29.2. The van der Waals surface area contributed by atoms with E-state index in [-0.39, 0.29) is 110 Å². The number of benzene rings is 2. The number of hydrogen-bond donors (Lipinski definition) is 8. The molecule has 2 aromatic heterocycles.